The van der Waals surface area contributed by atoms with Gasteiger partial charge in [0.1, 0.15) is 5.60 Å². The van der Waals surface area contributed by atoms with Crippen molar-refractivity contribution in [3.8, 4) is 0 Å². The van der Waals surface area contributed by atoms with Crippen molar-refractivity contribution < 1.29 is 9.90 Å². The third-order valence-corrected chi connectivity index (χ3v) is 8.98. The highest BCUT2D eigenvalue weighted by Crippen LogP contribution is 2.38. The number of benzene rings is 2. The lowest BCUT2D eigenvalue weighted by molar-refractivity contribution is 0.0470. The van der Waals surface area contributed by atoms with E-state index in [2.05, 4.69) is 15.5 Å². The Balaban J connectivity index is 1.13. The summed E-state index contributed by atoms with van der Waals surface area (Å²) in [6.45, 7) is 3.15. The van der Waals surface area contributed by atoms with Crippen LogP contribution in [-0.2, 0) is 5.60 Å². The van der Waals surface area contributed by atoms with E-state index in [-0.39, 0.29) is 12.1 Å². The average molecular weight is 476 g/mol. The van der Waals surface area contributed by atoms with Gasteiger partial charge in [-0.15, -0.1) is 0 Å². The minimum atomic E-state index is -1.31. The Hall–Kier alpha value is -2.37. The Morgan fingerprint density at radius 3 is 1.91 bits per heavy atom. The van der Waals surface area contributed by atoms with E-state index in [9.17, 15) is 9.90 Å². The molecule has 0 aromatic heterocycles. The molecule has 3 N–H and O–H groups in total. The zero-order valence-corrected chi connectivity index (χ0v) is 21.0. The van der Waals surface area contributed by atoms with Crippen LogP contribution in [0.4, 0.5) is 4.79 Å². The maximum absolute atomic E-state index is 13.0. The van der Waals surface area contributed by atoms with Crippen molar-refractivity contribution in [1.29, 1.82) is 0 Å². The summed E-state index contributed by atoms with van der Waals surface area (Å²) in [6.07, 6.45) is 11.4. The Morgan fingerprint density at radius 2 is 1.40 bits per heavy atom. The first-order valence-corrected chi connectivity index (χ1v) is 13.7. The normalized spacial score (nSPS) is 27.5. The van der Waals surface area contributed by atoms with Gasteiger partial charge in [-0.1, -0.05) is 60.7 Å². The van der Waals surface area contributed by atoms with Crippen LogP contribution in [0.2, 0.25) is 0 Å². The highest BCUT2D eigenvalue weighted by atomic mass is 16.3. The van der Waals surface area contributed by atoms with E-state index in [0.29, 0.717) is 0 Å². The van der Waals surface area contributed by atoms with Gasteiger partial charge in [-0.3, -0.25) is 4.90 Å². The highest BCUT2D eigenvalue weighted by molar-refractivity contribution is 5.75. The maximum Gasteiger partial charge on any atom is 0.315 e. The molecular weight excluding hydrogens is 434 g/mol. The number of amides is 2. The van der Waals surface area contributed by atoms with Gasteiger partial charge in [0.05, 0.1) is 6.04 Å². The average Bonchev–Trinajstić information content (AvgIpc) is 3.48. The van der Waals surface area contributed by atoms with Gasteiger partial charge in [0, 0.05) is 18.1 Å². The van der Waals surface area contributed by atoms with Gasteiger partial charge >= 0.3 is 6.03 Å². The summed E-state index contributed by atoms with van der Waals surface area (Å²) in [5.74, 6) is 0.788. The van der Waals surface area contributed by atoms with Gasteiger partial charge in [0.2, 0.25) is 0 Å². The first-order chi connectivity index (χ1) is 17.0. The second-order valence-corrected chi connectivity index (χ2v) is 11.0. The number of rotatable bonds is 8. The monoisotopic (exact) mass is 475 g/mol. The molecule has 1 aliphatic carbocycles. The quantitative estimate of drug-likeness (QED) is 0.493. The standard InChI is InChI=1S/C30H41N3O2/c1-22(30(35,24-8-4-2-5-9-24)25-10-6-3-7-11-25)31-29(34)32-26-14-12-23(13-15-26)20-21-33-27-16-17-28(33)19-18-27/h2-11,22-23,26-28,35H,12-21H2,1H3,(H2,31,32,34)/t22-,23-,26-,27?,28?/m1/s1. The summed E-state index contributed by atoms with van der Waals surface area (Å²) in [5, 5.41) is 18.1. The Morgan fingerprint density at radius 1 is 0.886 bits per heavy atom. The van der Waals surface area contributed by atoms with Gasteiger partial charge in [0.25, 0.3) is 0 Å². The molecule has 5 rings (SSSR count). The van der Waals surface area contributed by atoms with Crippen LogP contribution in [0.3, 0.4) is 0 Å². The predicted octanol–water partition coefficient (Wildman–Crippen LogP) is 5.19. The van der Waals surface area contributed by atoms with E-state index >= 15 is 0 Å². The maximum atomic E-state index is 13.0. The molecule has 0 spiro atoms. The van der Waals surface area contributed by atoms with Gasteiger partial charge in [0.15, 0.2) is 0 Å². The van der Waals surface area contributed by atoms with Crippen molar-refractivity contribution in [1.82, 2.24) is 15.5 Å². The summed E-state index contributed by atoms with van der Waals surface area (Å²) in [6, 6.07) is 20.5. The molecule has 3 aliphatic rings. The molecule has 2 saturated heterocycles. The lowest BCUT2D eigenvalue weighted by Gasteiger charge is -2.36. The second kappa shape index (κ2) is 10.7. The van der Waals surface area contributed by atoms with Crippen LogP contribution in [0, 0.1) is 5.92 Å². The molecule has 35 heavy (non-hydrogen) atoms. The molecule has 2 aliphatic heterocycles. The van der Waals surface area contributed by atoms with Crippen LogP contribution in [0.1, 0.15) is 75.8 Å². The van der Waals surface area contributed by atoms with Crippen molar-refractivity contribution >= 4 is 6.03 Å². The smallest absolute Gasteiger partial charge is 0.315 e. The fourth-order valence-corrected chi connectivity index (χ4v) is 6.89. The molecule has 5 heteroatoms. The number of fused-ring (bicyclic) bond motifs is 2. The third kappa shape index (κ3) is 5.26. The molecule has 0 unspecified atom stereocenters. The molecule has 2 aromatic carbocycles. The molecule has 2 bridgehead atoms. The molecular formula is C30H41N3O2. The van der Waals surface area contributed by atoms with E-state index in [1.54, 1.807) is 0 Å². The molecule has 1 atom stereocenters. The number of nitrogens with one attached hydrogen (secondary N) is 2. The molecule has 5 nitrogen and oxygen atoms in total. The van der Waals surface area contributed by atoms with Gasteiger partial charge in [-0.25, -0.2) is 4.79 Å². The van der Waals surface area contributed by atoms with Crippen molar-refractivity contribution in [3.63, 3.8) is 0 Å². The number of hydrogen-bond donors (Lipinski definition) is 3. The van der Waals surface area contributed by atoms with Gasteiger partial charge in [-0.2, -0.15) is 0 Å². The number of nitrogens with zero attached hydrogens (tertiary/aromatic N) is 1. The summed E-state index contributed by atoms with van der Waals surface area (Å²) in [5.41, 5.74) is 0.226. The second-order valence-electron chi connectivity index (χ2n) is 11.0. The minimum absolute atomic E-state index is 0.195. The molecule has 2 amide bonds. The summed E-state index contributed by atoms with van der Waals surface area (Å²) < 4.78 is 0. The molecule has 188 valence electrons. The van der Waals surface area contributed by atoms with Crippen LogP contribution in [0.15, 0.2) is 60.7 Å². The van der Waals surface area contributed by atoms with Crippen molar-refractivity contribution in [2.75, 3.05) is 6.54 Å². The van der Waals surface area contributed by atoms with Gasteiger partial charge < -0.3 is 15.7 Å². The van der Waals surface area contributed by atoms with Crippen molar-refractivity contribution in [2.24, 2.45) is 5.92 Å². The van der Waals surface area contributed by atoms with Crippen LogP contribution < -0.4 is 10.6 Å². The first-order valence-electron chi connectivity index (χ1n) is 13.7. The van der Waals surface area contributed by atoms with Crippen molar-refractivity contribution in [2.45, 2.75) is 94.5 Å². The number of carbonyl (C=O) groups excluding carboxylic acids is 1. The fraction of sp³-hybridized carbons (Fsp3) is 0.567. The Bertz CT molecular complexity index is 899. The fourth-order valence-electron chi connectivity index (χ4n) is 6.89. The van der Waals surface area contributed by atoms with E-state index in [1.165, 1.54) is 51.5 Å². The molecule has 3 fully saturated rings. The number of urea groups is 1. The van der Waals surface area contributed by atoms with E-state index in [0.717, 1.165) is 42.0 Å². The Labute approximate surface area is 210 Å². The molecule has 2 heterocycles. The van der Waals surface area contributed by atoms with Crippen LogP contribution >= 0.6 is 0 Å². The van der Waals surface area contributed by atoms with E-state index in [4.69, 9.17) is 0 Å². The van der Waals surface area contributed by atoms with Crippen molar-refractivity contribution in [3.05, 3.63) is 71.8 Å². The van der Waals surface area contributed by atoms with Crippen LogP contribution in [0.25, 0.3) is 0 Å². The highest BCUT2D eigenvalue weighted by Gasteiger charge is 2.40. The molecule has 0 radical (unpaired) electrons. The van der Waals surface area contributed by atoms with Crippen LogP contribution in [0.5, 0.6) is 0 Å². The summed E-state index contributed by atoms with van der Waals surface area (Å²) in [7, 11) is 0. The SMILES string of the molecule is C[C@@H](NC(=O)N[C@H]1CC[C@H](CCN2C3CCC2CC3)CC1)C(O)(c1ccccc1)c1ccccc1. The lowest BCUT2D eigenvalue weighted by atomic mass is 9.81. The van der Waals surface area contributed by atoms with E-state index < -0.39 is 11.6 Å². The number of carbonyl (C=O) groups is 1. The molecule has 2 aromatic rings. The third-order valence-electron chi connectivity index (χ3n) is 8.98. The lowest BCUT2D eigenvalue weighted by Crippen LogP contribution is -2.54. The zero-order chi connectivity index (χ0) is 24.3. The zero-order valence-electron chi connectivity index (χ0n) is 21.0. The number of aliphatic hydroxyl groups is 1. The van der Waals surface area contributed by atoms with E-state index in [1.807, 2.05) is 67.6 Å². The number of hydrogen-bond acceptors (Lipinski definition) is 3. The topological polar surface area (TPSA) is 64.6 Å². The minimum Gasteiger partial charge on any atom is -0.378 e. The first kappa shape index (κ1) is 24.3. The largest absolute Gasteiger partial charge is 0.378 e. The summed E-state index contributed by atoms with van der Waals surface area (Å²) >= 11 is 0. The Kier molecular flexibility index (Phi) is 7.45. The van der Waals surface area contributed by atoms with Gasteiger partial charge in [-0.05, 0) is 88.3 Å². The molecule has 1 saturated carbocycles. The predicted molar refractivity (Wildman–Crippen MR) is 140 cm³/mol. The van der Waals surface area contributed by atoms with Crippen LogP contribution in [-0.4, -0.2) is 46.7 Å². The summed E-state index contributed by atoms with van der Waals surface area (Å²) in [4.78, 5) is 15.7.